The molecule has 1 aromatic heterocycles. The molecule has 2 heteroatoms. The van der Waals surface area contributed by atoms with Crippen LogP contribution in [0.15, 0.2) is 36.4 Å². The number of hydrogen-bond donors (Lipinski definition) is 0. The second-order valence-electron chi connectivity index (χ2n) is 3.94. The fourth-order valence-electron chi connectivity index (χ4n) is 1.58. The normalized spacial score (nSPS) is 10.4. The summed E-state index contributed by atoms with van der Waals surface area (Å²) in [4.78, 5) is 14.1. The molecule has 1 heterocycles. The summed E-state index contributed by atoms with van der Waals surface area (Å²) >= 11 is 1.59. The van der Waals surface area contributed by atoms with Crippen molar-refractivity contribution < 1.29 is 4.79 Å². The summed E-state index contributed by atoms with van der Waals surface area (Å²) in [5.74, 6) is 0.215. The van der Waals surface area contributed by atoms with E-state index in [0.29, 0.717) is 6.42 Å². The molecule has 0 amide bonds. The monoisotopic (exact) mass is 230 g/mol. The van der Waals surface area contributed by atoms with Gasteiger partial charge in [-0.25, -0.2) is 0 Å². The Morgan fingerprint density at radius 1 is 1.19 bits per heavy atom. The molecule has 0 spiro atoms. The molecule has 2 rings (SSSR count). The Labute approximate surface area is 99.8 Å². The highest BCUT2D eigenvalue weighted by Crippen LogP contribution is 2.22. The Morgan fingerprint density at radius 2 is 1.88 bits per heavy atom. The van der Waals surface area contributed by atoms with Gasteiger partial charge in [0.05, 0.1) is 4.88 Å². The molecule has 1 nitrogen and oxygen atoms in total. The van der Waals surface area contributed by atoms with Crippen LogP contribution in [0.2, 0.25) is 0 Å². The number of hydrogen-bond acceptors (Lipinski definition) is 2. The van der Waals surface area contributed by atoms with E-state index in [1.54, 1.807) is 11.3 Å². The number of benzene rings is 1. The van der Waals surface area contributed by atoms with Gasteiger partial charge in [-0.3, -0.25) is 4.79 Å². The lowest BCUT2D eigenvalue weighted by molar-refractivity contribution is 0.0997. The number of Topliss-reactive ketones (excluding diaryl/α,β-unsaturated/α-hetero) is 1. The average Bonchev–Trinajstić information content (AvgIpc) is 2.61. The summed E-state index contributed by atoms with van der Waals surface area (Å²) in [7, 11) is 0. The molecule has 1 aromatic carbocycles. The largest absolute Gasteiger partial charge is 0.293 e. The van der Waals surface area contributed by atoms with E-state index in [-0.39, 0.29) is 5.78 Å². The van der Waals surface area contributed by atoms with Crippen LogP contribution in [0.25, 0.3) is 0 Å². The van der Waals surface area contributed by atoms with E-state index >= 15 is 0 Å². The molecule has 0 atom stereocenters. The standard InChI is InChI=1S/C14H14OS/c1-10-8-14(16-11(10)2)13(15)9-12-6-4-3-5-7-12/h3-8H,9H2,1-2H3. The Balaban J connectivity index is 2.15. The van der Waals surface area contributed by atoms with Gasteiger partial charge in [0, 0.05) is 11.3 Å². The fraction of sp³-hybridized carbons (Fsp3) is 0.214. The minimum atomic E-state index is 0.215. The van der Waals surface area contributed by atoms with E-state index in [4.69, 9.17) is 0 Å². The van der Waals surface area contributed by atoms with E-state index in [1.807, 2.05) is 43.3 Å². The number of ketones is 1. The fourth-order valence-corrected chi connectivity index (χ4v) is 2.55. The predicted molar refractivity (Wildman–Crippen MR) is 68.3 cm³/mol. The third-order valence-corrected chi connectivity index (χ3v) is 3.84. The van der Waals surface area contributed by atoms with Crippen LogP contribution in [-0.2, 0) is 6.42 Å². The van der Waals surface area contributed by atoms with Crippen LogP contribution in [0.4, 0.5) is 0 Å². The van der Waals surface area contributed by atoms with Gasteiger partial charge >= 0.3 is 0 Å². The minimum Gasteiger partial charge on any atom is -0.293 e. The van der Waals surface area contributed by atoms with Crippen molar-refractivity contribution in [3.05, 3.63) is 57.3 Å². The lowest BCUT2D eigenvalue weighted by Gasteiger charge is -1.97. The van der Waals surface area contributed by atoms with Gasteiger partial charge in [0.15, 0.2) is 5.78 Å². The maximum absolute atomic E-state index is 12.0. The molecule has 0 N–H and O–H groups in total. The molecule has 0 aliphatic heterocycles. The van der Waals surface area contributed by atoms with Gasteiger partial charge in [0.1, 0.15) is 0 Å². The molecule has 0 radical (unpaired) electrons. The van der Waals surface area contributed by atoms with Gasteiger partial charge < -0.3 is 0 Å². The molecular formula is C14H14OS. The first-order chi connectivity index (χ1) is 7.66. The predicted octanol–water partition coefficient (Wildman–Crippen LogP) is 3.79. The Kier molecular flexibility index (Phi) is 3.20. The van der Waals surface area contributed by atoms with E-state index in [9.17, 15) is 4.79 Å². The molecule has 0 aliphatic rings. The summed E-state index contributed by atoms with van der Waals surface area (Å²) < 4.78 is 0. The van der Waals surface area contributed by atoms with Crippen LogP contribution >= 0.6 is 11.3 Å². The number of carbonyl (C=O) groups excluding carboxylic acids is 1. The molecule has 82 valence electrons. The van der Waals surface area contributed by atoms with E-state index in [0.717, 1.165) is 10.4 Å². The lowest BCUT2D eigenvalue weighted by Crippen LogP contribution is -2.00. The van der Waals surface area contributed by atoms with Gasteiger partial charge in [-0.2, -0.15) is 0 Å². The average molecular weight is 230 g/mol. The molecule has 0 fully saturated rings. The quantitative estimate of drug-likeness (QED) is 0.733. The maximum atomic E-state index is 12.0. The number of aryl methyl sites for hydroxylation is 2. The first-order valence-electron chi connectivity index (χ1n) is 5.31. The van der Waals surface area contributed by atoms with Gasteiger partial charge in [-0.1, -0.05) is 30.3 Å². The van der Waals surface area contributed by atoms with Crippen molar-refractivity contribution in [2.45, 2.75) is 20.3 Å². The third kappa shape index (κ3) is 2.39. The summed E-state index contributed by atoms with van der Waals surface area (Å²) in [6, 6.07) is 11.9. The highest BCUT2D eigenvalue weighted by atomic mass is 32.1. The molecule has 16 heavy (non-hydrogen) atoms. The van der Waals surface area contributed by atoms with Gasteiger partial charge in [0.2, 0.25) is 0 Å². The Bertz CT molecular complexity index is 477. The van der Waals surface area contributed by atoms with Gasteiger partial charge in [-0.15, -0.1) is 11.3 Å². The number of thiophene rings is 1. The van der Waals surface area contributed by atoms with Crippen molar-refractivity contribution in [1.29, 1.82) is 0 Å². The van der Waals surface area contributed by atoms with E-state index in [2.05, 4.69) is 6.92 Å². The minimum absolute atomic E-state index is 0.215. The second kappa shape index (κ2) is 4.62. The van der Waals surface area contributed by atoms with Gasteiger partial charge in [0.25, 0.3) is 0 Å². The summed E-state index contributed by atoms with van der Waals surface area (Å²) in [5.41, 5.74) is 2.29. The lowest BCUT2D eigenvalue weighted by atomic mass is 10.1. The molecule has 0 saturated carbocycles. The first-order valence-corrected chi connectivity index (χ1v) is 6.12. The molecule has 2 aromatic rings. The zero-order valence-corrected chi connectivity index (χ0v) is 10.3. The zero-order valence-electron chi connectivity index (χ0n) is 9.49. The second-order valence-corrected chi connectivity index (χ2v) is 5.19. The van der Waals surface area contributed by atoms with Crippen LogP contribution in [0, 0.1) is 13.8 Å². The number of carbonyl (C=O) groups is 1. The summed E-state index contributed by atoms with van der Waals surface area (Å²) in [6.45, 7) is 4.10. The summed E-state index contributed by atoms with van der Waals surface area (Å²) in [5, 5.41) is 0. The van der Waals surface area contributed by atoms with Crippen molar-refractivity contribution >= 4 is 17.1 Å². The maximum Gasteiger partial charge on any atom is 0.177 e. The van der Waals surface area contributed by atoms with Crippen LogP contribution in [0.5, 0.6) is 0 Å². The highest BCUT2D eigenvalue weighted by molar-refractivity contribution is 7.14. The molecule has 0 bridgehead atoms. The zero-order chi connectivity index (χ0) is 11.5. The van der Waals surface area contributed by atoms with Gasteiger partial charge in [-0.05, 0) is 31.0 Å². The van der Waals surface area contributed by atoms with Crippen molar-refractivity contribution in [3.8, 4) is 0 Å². The van der Waals surface area contributed by atoms with E-state index in [1.165, 1.54) is 10.4 Å². The van der Waals surface area contributed by atoms with Crippen molar-refractivity contribution in [3.63, 3.8) is 0 Å². The highest BCUT2D eigenvalue weighted by Gasteiger charge is 2.10. The van der Waals surface area contributed by atoms with E-state index < -0.39 is 0 Å². The molecule has 0 saturated heterocycles. The summed E-state index contributed by atoms with van der Waals surface area (Å²) in [6.07, 6.45) is 0.500. The number of rotatable bonds is 3. The van der Waals surface area contributed by atoms with Crippen molar-refractivity contribution in [2.75, 3.05) is 0 Å². The van der Waals surface area contributed by atoms with Crippen LogP contribution in [0.3, 0.4) is 0 Å². The molecule has 0 aliphatic carbocycles. The van der Waals surface area contributed by atoms with Crippen LogP contribution < -0.4 is 0 Å². The SMILES string of the molecule is Cc1cc(C(=O)Cc2ccccc2)sc1C. The Hall–Kier alpha value is -1.41. The van der Waals surface area contributed by atoms with Crippen molar-refractivity contribution in [2.24, 2.45) is 0 Å². The Morgan fingerprint density at radius 3 is 2.44 bits per heavy atom. The smallest absolute Gasteiger partial charge is 0.177 e. The molecular weight excluding hydrogens is 216 g/mol. The topological polar surface area (TPSA) is 17.1 Å². The first kappa shape index (κ1) is 11.1. The van der Waals surface area contributed by atoms with Crippen molar-refractivity contribution in [1.82, 2.24) is 0 Å². The molecule has 0 unspecified atom stereocenters. The van der Waals surface area contributed by atoms with Crippen LogP contribution in [-0.4, -0.2) is 5.78 Å². The van der Waals surface area contributed by atoms with Crippen LogP contribution in [0.1, 0.15) is 25.7 Å². The third-order valence-electron chi connectivity index (χ3n) is 2.65.